The normalized spacial score (nSPS) is 10.5. The average Bonchev–Trinajstić information content (AvgIpc) is 2.75. The van der Waals surface area contributed by atoms with Crippen LogP contribution in [0.1, 0.15) is 16.2 Å². The Bertz CT molecular complexity index is 579. The van der Waals surface area contributed by atoms with Crippen LogP contribution in [-0.4, -0.2) is 27.2 Å². The monoisotopic (exact) mass is 326 g/mol. The Hall–Kier alpha value is -1.76. The van der Waals surface area contributed by atoms with Crippen molar-refractivity contribution in [2.45, 2.75) is 6.42 Å². The Kier molecular flexibility index (Phi) is 4.26. The van der Waals surface area contributed by atoms with Crippen molar-refractivity contribution in [2.75, 3.05) is 6.54 Å². The lowest BCUT2D eigenvalue weighted by atomic mass is 10.2. The minimum absolute atomic E-state index is 0.0143. The second-order valence-electron chi connectivity index (χ2n) is 3.96. The van der Waals surface area contributed by atoms with Gasteiger partial charge in [0.1, 0.15) is 18.0 Å². The number of hydrogen-bond donors (Lipinski definition) is 1. The van der Waals surface area contributed by atoms with E-state index in [1.165, 1.54) is 12.1 Å². The maximum Gasteiger partial charge on any atom is 0.255 e. The van der Waals surface area contributed by atoms with Crippen molar-refractivity contribution in [3.63, 3.8) is 0 Å². The summed E-state index contributed by atoms with van der Waals surface area (Å²) in [5, 5.41) is 10.3. The predicted octanol–water partition coefficient (Wildman–Crippen LogP) is 1.69. The number of hydrogen-bond acceptors (Lipinski definition) is 3. The Balaban J connectivity index is 1.97. The molecule has 0 aliphatic carbocycles. The molecule has 0 bridgehead atoms. The number of aromatic nitrogens is 3. The number of aryl methyl sites for hydroxylation is 1. The van der Waals surface area contributed by atoms with Gasteiger partial charge in [-0.1, -0.05) is 6.07 Å². The van der Waals surface area contributed by atoms with Gasteiger partial charge < -0.3 is 9.88 Å². The Morgan fingerprint density at radius 2 is 2.32 bits per heavy atom. The van der Waals surface area contributed by atoms with E-state index in [2.05, 4.69) is 31.4 Å². The van der Waals surface area contributed by atoms with Crippen LogP contribution in [0.15, 0.2) is 29.0 Å². The first-order chi connectivity index (χ1) is 9.09. The standard InChI is InChI=1S/C12H12BrFN4O/c1-18-7-16-17-10(18)5-6-15-12(19)11-8(13)3-2-4-9(11)14/h2-4,7H,5-6H2,1H3,(H,15,19). The van der Waals surface area contributed by atoms with Gasteiger partial charge in [-0.2, -0.15) is 0 Å². The number of rotatable bonds is 4. The van der Waals surface area contributed by atoms with E-state index in [-0.39, 0.29) is 5.56 Å². The topological polar surface area (TPSA) is 59.8 Å². The predicted molar refractivity (Wildman–Crippen MR) is 71.1 cm³/mol. The maximum absolute atomic E-state index is 13.5. The number of carbonyl (C=O) groups excluding carboxylic acids is 1. The summed E-state index contributed by atoms with van der Waals surface area (Å²) in [5.41, 5.74) is 0.0143. The molecule has 2 aromatic rings. The molecule has 1 heterocycles. The SMILES string of the molecule is Cn1cnnc1CCNC(=O)c1c(F)cccc1Br. The van der Waals surface area contributed by atoms with Gasteiger partial charge in [0, 0.05) is 24.5 Å². The van der Waals surface area contributed by atoms with Crippen LogP contribution < -0.4 is 5.32 Å². The summed E-state index contributed by atoms with van der Waals surface area (Å²) in [5.74, 6) is -0.245. The van der Waals surface area contributed by atoms with E-state index in [0.29, 0.717) is 17.4 Å². The number of nitrogens with zero attached hydrogens (tertiary/aromatic N) is 3. The quantitative estimate of drug-likeness (QED) is 0.930. The molecule has 0 saturated heterocycles. The van der Waals surface area contributed by atoms with Crippen LogP contribution in [0, 0.1) is 5.82 Å². The summed E-state index contributed by atoms with van der Waals surface area (Å²) in [6.45, 7) is 0.367. The second kappa shape index (κ2) is 5.92. The molecule has 1 aromatic heterocycles. The molecule has 0 aliphatic rings. The summed E-state index contributed by atoms with van der Waals surface area (Å²) in [4.78, 5) is 11.9. The van der Waals surface area contributed by atoms with Crippen LogP contribution >= 0.6 is 15.9 Å². The summed E-state index contributed by atoms with van der Waals surface area (Å²) in [7, 11) is 1.82. The molecule has 1 N–H and O–H groups in total. The molecule has 19 heavy (non-hydrogen) atoms. The highest BCUT2D eigenvalue weighted by Crippen LogP contribution is 2.19. The molecule has 100 valence electrons. The summed E-state index contributed by atoms with van der Waals surface area (Å²) in [6, 6.07) is 4.42. The molecular formula is C12H12BrFN4O. The van der Waals surface area contributed by atoms with Gasteiger partial charge in [-0.25, -0.2) is 4.39 Å². The van der Waals surface area contributed by atoms with E-state index in [0.717, 1.165) is 5.82 Å². The minimum atomic E-state index is -0.550. The number of halogens is 2. The van der Waals surface area contributed by atoms with Gasteiger partial charge in [-0.15, -0.1) is 10.2 Å². The molecular weight excluding hydrogens is 315 g/mol. The Morgan fingerprint density at radius 3 is 2.95 bits per heavy atom. The zero-order valence-electron chi connectivity index (χ0n) is 10.2. The third-order valence-corrected chi connectivity index (χ3v) is 3.29. The first kappa shape index (κ1) is 13.7. The van der Waals surface area contributed by atoms with Gasteiger partial charge in [0.05, 0.1) is 5.56 Å². The van der Waals surface area contributed by atoms with Gasteiger partial charge >= 0.3 is 0 Å². The summed E-state index contributed by atoms with van der Waals surface area (Å²) in [6.07, 6.45) is 2.12. The average molecular weight is 327 g/mol. The highest BCUT2D eigenvalue weighted by molar-refractivity contribution is 9.10. The number of benzene rings is 1. The molecule has 5 nitrogen and oxygen atoms in total. The fourth-order valence-electron chi connectivity index (χ4n) is 1.62. The van der Waals surface area contributed by atoms with E-state index in [1.807, 2.05) is 7.05 Å². The van der Waals surface area contributed by atoms with Crippen LogP contribution in [-0.2, 0) is 13.5 Å². The lowest BCUT2D eigenvalue weighted by molar-refractivity contribution is 0.0949. The summed E-state index contributed by atoms with van der Waals surface area (Å²) < 4.78 is 15.8. The van der Waals surface area contributed by atoms with Crippen molar-refractivity contribution in [1.29, 1.82) is 0 Å². The number of amides is 1. The molecule has 0 aliphatic heterocycles. The van der Waals surface area contributed by atoms with Crippen LogP contribution in [0.2, 0.25) is 0 Å². The first-order valence-electron chi connectivity index (χ1n) is 5.64. The molecule has 0 fully saturated rings. The van der Waals surface area contributed by atoms with Crippen molar-refractivity contribution >= 4 is 21.8 Å². The van der Waals surface area contributed by atoms with Crippen LogP contribution in [0.25, 0.3) is 0 Å². The Labute approximate surface area is 118 Å². The largest absolute Gasteiger partial charge is 0.351 e. The second-order valence-corrected chi connectivity index (χ2v) is 4.81. The lowest BCUT2D eigenvalue weighted by Crippen LogP contribution is -2.27. The molecule has 0 saturated carbocycles. The van der Waals surface area contributed by atoms with E-state index < -0.39 is 11.7 Å². The van der Waals surface area contributed by atoms with Crippen molar-refractivity contribution in [3.8, 4) is 0 Å². The van der Waals surface area contributed by atoms with E-state index in [1.54, 1.807) is 17.0 Å². The van der Waals surface area contributed by atoms with Gasteiger partial charge in [-0.05, 0) is 28.1 Å². The fourth-order valence-corrected chi connectivity index (χ4v) is 2.15. The van der Waals surface area contributed by atoms with Gasteiger partial charge in [-0.3, -0.25) is 4.79 Å². The minimum Gasteiger partial charge on any atom is -0.351 e. The molecule has 0 unspecified atom stereocenters. The highest BCUT2D eigenvalue weighted by Gasteiger charge is 2.14. The van der Waals surface area contributed by atoms with E-state index in [9.17, 15) is 9.18 Å². The van der Waals surface area contributed by atoms with Crippen molar-refractivity contribution < 1.29 is 9.18 Å². The fraction of sp³-hybridized carbons (Fsp3) is 0.250. The van der Waals surface area contributed by atoms with Gasteiger partial charge in [0.15, 0.2) is 0 Å². The number of carbonyl (C=O) groups is 1. The molecule has 0 atom stereocenters. The first-order valence-corrected chi connectivity index (χ1v) is 6.44. The van der Waals surface area contributed by atoms with E-state index >= 15 is 0 Å². The third-order valence-electron chi connectivity index (χ3n) is 2.63. The van der Waals surface area contributed by atoms with Crippen molar-refractivity contribution in [3.05, 3.63) is 46.2 Å². The molecule has 0 spiro atoms. The summed E-state index contributed by atoms with van der Waals surface area (Å²) >= 11 is 3.16. The zero-order chi connectivity index (χ0) is 13.8. The molecule has 2 rings (SSSR count). The molecule has 1 aromatic carbocycles. The highest BCUT2D eigenvalue weighted by atomic mass is 79.9. The Morgan fingerprint density at radius 1 is 1.53 bits per heavy atom. The smallest absolute Gasteiger partial charge is 0.255 e. The zero-order valence-corrected chi connectivity index (χ0v) is 11.8. The molecule has 7 heteroatoms. The maximum atomic E-state index is 13.5. The lowest BCUT2D eigenvalue weighted by Gasteiger charge is -2.07. The van der Waals surface area contributed by atoms with Crippen molar-refractivity contribution in [2.24, 2.45) is 7.05 Å². The molecule has 0 radical (unpaired) electrons. The number of nitrogens with one attached hydrogen (secondary N) is 1. The third kappa shape index (κ3) is 3.17. The van der Waals surface area contributed by atoms with Crippen molar-refractivity contribution in [1.82, 2.24) is 20.1 Å². The molecule has 1 amide bonds. The van der Waals surface area contributed by atoms with Crippen LogP contribution in [0.5, 0.6) is 0 Å². The van der Waals surface area contributed by atoms with E-state index in [4.69, 9.17) is 0 Å². The van der Waals surface area contributed by atoms with Gasteiger partial charge in [0.25, 0.3) is 5.91 Å². The van der Waals surface area contributed by atoms with Gasteiger partial charge in [0.2, 0.25) is 0 Å². The van der Waals surface area contributed by atoms with Crippen LogP contribution in [0.4, 0.5) is 4.39 Å². The van der Waals surface area contributed by atoms with Crippen LogP contribution in [0.3, 0.4) is 0 Å².